The highest BCUT2D eigenvalue weighted by Crippen LogP contribution is 2.23. The van der Waals surface area contributed by atoms with E-state index in [-0.39, 0.29) is 0 Å². The number of rotatable bonds is 0. The molecular formula is C70H71N12+. The number of hydrogen-bond donors (Lipinski definition) is 4. The second kappa shape index (κ2) is 37.0. The van der Waals surface area contributed by atoms with E-state index in [2.05, 4.69) is 98.8 Å². The van der Waals surface area contributed by atoms with E-state index in [0.29, 0.717) is 0 Å². The van der Waals surface area contributed by atoms with Crippen LogP contribution in [-0.4, -0.2) is 42.3 Å². The Morgan fingerprint density at radius 1 is 0.561 bits per heavy atom. The number of para-hydroxylation sites is 5. The van der Waals surface area contributed by atoms with Crippen LogP contribution >= 0.6 is 0 Å². The van der Waals surface area contributed by atoms with Crippen molar-refractivity contribution in [3.8, 4) is 18.4 Å². The van der Waals surface area contributed by atoms with Gasteiger partial charge in [0.2, 0.25) is 6.33 Å². The minimum absolute atomic E-state index is 0.731. The van der Waals surface area contributed by atoms with Gasteiger partial charge in [0.15, 0.2) is 11.4 Å². The molecule has 11 aromatic rings. The fourth-order valence-corrected chi connectivity index (χ4v) is 7.05. The summed E-state index contributed by atoms with van der Waals surface area (Å²) in [6, 6.07) is 59.3. The maximum atomic E-state index is 8.41. The Kier molecular flexibility index (Phi) is 28.7. The van der Waals surface area contributed by atoms with Crippen molar-refractivity contribution >= 4 is 46.1 Å². The van der Waals surface area contributed by atoms with Crippen LogP contribution in [0.25, 0.3) is 20.6 Å². The van der Waals surface area contributed by atoms with Crippen LogP contribution < -0.4 is 4.57 Å². The number of hydrogen-bond acceptors (Lipinski definition) is 5. The number of nitrogens with zero attached hydrogens (tertiary/aromatic N) is 8. The van der Waals surface area contributed by atoms with Crippen LogP contribution in [0.2, 0.25) is 0 Å². The zero-order valence-electron chi connectivity index (χ0n) is 48.0. The molecule has 0 unspecified atom stereocenters. The number of aliphatic imine (C=N–C) groups is 2. The highest BCUT2D eigenvalue weighted by Gasteiger charge is 2.03. The number of nitriles is 1. The molecule has 0 fully saturated rings. The third-order valence-corrected chi connectivity index (χ3v) is 11.8. The van der Waals surface area contributed by atoms with E-state index in [1.54, 1.807) is 31.1 Å². The first-order chi connectivity index (χ1) is 39.8. The van der Waals surface area contributed by atoms with Crippen molar-refractivity contribution in [2.75, 3.05) is 0 Å². The van der Waals surface area contributed by atoms with Crippen molar-refractivity contribution < 1.29 is 4.57 Å². The lowest BCUT2D eigenvalue weighted by Crippen LogP contribution is -2.27. The topological polar surface area (TPSA) is 150 Å². The number of fused-ring (bicyclic) bond motifs is 3. The van der Waals surface area contributed by atoms with Crippen LogP contribution in [0, 0.1) is 85.3 Å². The number of benzene rings is 7. The van der Waals surface area contributed by atoms with Crippen molar-refractivity contribution in [3.63, 3.8) is 0 Å². The van der Waals surface area contributed by atoms with Crippen LogP contribution in [0.1, 0.15) is 61.6 Å². The van der Waals surface area contributed by atoms with Gasteiger partial charge in [0.05, 0.1) is 55.9 Å². The zero-order valence-corrected chi connectivity index (χ0v) is 48.0. The highest BCUT2D eigenvalue weighted by atomic mass is 15.0. The van der Waals surface area contributed by atoms with E-state index in [9.17, 15) is 0 Å². The Hall–Kier alpha value is -10.9. The molecule has 2 aliphatic heterocycles. The summed E-state index contributed by atoms with van der Waals surface area (Å²) in [6.07, 6.45) is 23.8. The average molecular weight is 1080 g/mol. The quantitative estimate of drug-likeness (QED) is 0.0680. The summed E-state index contributed by atoms with van der Waals surface area (Å²) in [5.41, 5.74) is 17.2. The molecule has 12 nitrogen and oxygen atoms in total. The van der Waals surface area contributed by atoms with Crippen LogP contribution in [0.4, 0.5) is 22.7 Å². The van der Waals surface area contributed by atoms with E-state index < -0.39 is 0 Å². The number of aromatic amines is 4. The minimum atomic E-state index is 0.731. The van der Waals surface area contributed by atoms with Gasteiger partial charge in [0.1, 0.15) is 11.9 Å². The van der Waals surface area contributed by atoms with Crippen molar-refractivity contribution in [2.24, 2.45) is 17.0 Å². The lowest BCUT2D eigenvalue weighted by atomic mass is 10.1. The summed E-state index contributed by atoms with van der Waals surface area (Å²) < 4.78 is 2.03. The second-order valence-corrected chi connectivity index (χ2v) is 18.3. The molecule has 13 rings (SSSR count). The summed E-state index contributed by atoms with van der Waals surface area (Å²) in [4.78, 5) is 34.4. The zero-order chi connectivity index (χ0) is 59.2. The molecule has 4 aromatic heterocycles. The molecule has 0 atom stereocenters. The Morgan fingerprint density at radius 2 is 1.06 bits per heavy atom. The summed E-state index contributed by atoms with van der Waals surface area (Å²) in [6.45, 7) is 27.3. The molecule has 4 N–H and O–H groups in total. The smallest absolute Gasteiger partial charge is 0.241 e. The van der Waals surface area contributed by atoms with Gasteiger partial charge in [0.25, 0.3) is 0 Å². The normalized spacial score (nSPS) is 9.95. The monoisotopic (exact) mass is 1080 g/mol. The first-order valence-corrected chi connectivity index (χ1v) is 26.3. The molecule has 0 radical (unpaired) electrons. The van der Waals surface area contributed by atoms with Crippen molar-refractivity contribution in [1.82, 2.24) is 29.9 Å². The number of nitrogens with one attached hydrogen (secondary N) is 4. The standard InChI is InChI=1S/C9H8.6C8H7N.C5H8N2.2C4H6N2/c1-3-9-7-5-4-6-8(9)2;3*1-2-4-8-7(3-1)5-6-9-8;2*1-7-5-3-4-6-8(7)9-2;1-7-3-2-4-8(5-7)6-9;1-5-3-6-4-7(5)2;2*1-4-2-5-3-6-4/h1,4-7H,2H3;2*1-4,6H,5H2;1-6,9H;2*3-6H,1H3;2-5H,1H3;3-4H,1-2H3;2*2-3H,1H3,(H,5,6)/p+1. The minimum Gasteiger partial charge on any atom is -0.361 e. The van der Waals surface area contributed by atoms with Crippen molar-refractivity contribution in [1.29, 1.82) is 5.26 Å². The Labute approximate surface area is 484 Å². The Morgan fingerprint density at radius 3 is 1.41 bits per heavy atom. The molecule has 7 aromatic carbocycles. The number of imidazole rings is 3. The van der Waals surface area contributed by atoms with Crippen LogP contribution in [-0.2, 0) is 19.9 Å². The van der Waals surface area contributed by atoms with Gasteiger partial charge >= 0.3 is 0 Å². The number of aromatic nitrogens is 7. The molecule has 0 saturated carbocycles. The Bertz CT molecular complexity index is 3530. The average Bonchev–Trinajstić information content (AvgIpc) is 4.45. The fourth-order valence-electron chi connectivity index (χ4n) is 7.05. The summed E-state index contributed by atoms with van der Waals surface area (Å²) in [5, 5.41) is 9.69. The van der Waals surface area contributed by atoms with Gasteiger partial charge in [-0.15, -0.1) is 6.42 Å². The largest absolute Gasteiger partial charge is 0.361 e. The second-order valence-electron chi connectivity index (χ2n) is 18.3. The van der Waals surface area contributed by atoms with Gasteiger partial charge in [0, 0.05) is 73.3 Å². The molecular weight excluding hydrogens is 1010 g/mol. The van der Waals surface area contributed by atoms with Gasteiger partial charge in [-0.05, 0) is 123 Å². The number of aryl methyl sites for hydroxylation is 8. The summed E-state index contributed by atoms with van der Waals surface area (Å²) >= 11 is 0. The molecule has 0 spiro atoms. The molecule has 6 heterocycles. The predicted octanol–water partition coefficient (Wildman–Crippen LogP) is 16.6. The lowest BCUT2D eigenvalue weighted by molar-refractivity contribution is -0.676. The van der Waals surface area contributed by atoms with Gasteiger partial charge in [-0.1, -0.05) is 139 Å². The van der Waals surface area contributed by atoms with E-state index in [0.717, 1.165) is 74.8 Å². The van der Waals surface area contributed by atoms with Gasteiger partial charge in [-0.3, -0.25) is 9.98 Å². The fraction of sp³-hybridized carbons (Fsp3) is 0.143. The lowest BCUT2D eigenvalue weighted by Gasteiger charge is -1.92. The molecule has 410 valence electrons. The molecule has 0 aliphatic carbocycles. The molecule has 0 bridgehead atoms. The highest BCUT2D eigenvalue weighted by molar-refractivity contribution is 5.79. The summed E-state index contributed by atoms with van der Waals surface area (Å²) in [7, 11) is 2.01. The van der Waals surface area contributed by atoms with Crippen molar-refractivity contribution in [2.45, 2.75) is 61.3 Å². The third kappa shape index (κ3) is 24.2. The van der Waals surface area contributed by atoms with Crippen LogP contribution in [0.5, 0.6) is 0 Å². The van der Waals surface area contributed by atoms with Crippen LogP contribution in [0.3, 0.4) is 0 Å². The van der Waals surface area contributed by atoms with Gasteiger partial charge < -0.3 is 15.0 Å². The maximum Gasteiger partial charge on any atom is 0.241 e. The summed E-state index contributed by atoms with van der Waals surface area (Å²) in [5.74, 6) is 2.60. The maximum absolute atomic E-state index is 8.41. The first kappa shape index (κ1) is 63.6. The first-order valence-electron chi connectivity index (χ1n) is 26.3. The molecule has 82 heavy (non-hydrogen) atoms. The SMILES string of the molecule is C#Cc1ccccc1C.C1=Nc2ccccc2C1.C1=Nc2ccccc2C1.Cc1c[nH]c[n+]1C.Cc1cccc(C#N)c1.Cc1cnc[nH]1.Cc1cnc[nH]1.[C-]#[N+]c1ccccc1C.[C-]#[N+]c1ccccc1C.c1ccc2[nH]ccc2c1. The van der Waals surface area contributed by atoms with Gasteiger partial charge in [-0.25, -0.2) is 29.2 Å². The van der Waals surface area contributed by atoms with E-state index in [1.165, 1.54) is 33.3 Å². The predicted molar refractivity (Wildman–Crippen MR) is 338 cm³/mol. The molecule has 12 heteroatoms. The number of H-pyrrole nitrogens is 4. The molecule has 0 amide bonds. The van der Waals surface area contributed by atoms with E-state index >= 15 is 0 Å². The van der Waals surface area contributed by atoms with E-state index in [1.807, 2.05) is 224 Å². The Balaban J connectivity index is 0.000000196. The molecule has 0 saturated heterocycles. The molecule has 2 aliphatic rings. The van der Waals surface area contributed by atoms with Gasteiger partial charge in [-0.2, -0.15) is 5.26 Å². The van der Waals surface area contributed by atoms with Crippen LogP contribution in [0.15, 0.2) is 230 Å². The number of terminal acetylenes is 1. The van der Waals surface area contributed by atoms with Crippen molar-refractivity contribution in [3.05, 3.63) is 304 Å². The van der Waals surface area contributed by atoms with E-state index in [4.69, 9.17) is 24.8 Å². The third-order valence-electron chi connectivity index (χ3n) is 11.8.